The van der Waals surface area contributed by atoms with Gasteiger partial charge in [-0.1, -0.05) is 60.1 Å². The van der Waals surface area contributed by atoms with Gasteiger partial charge in [-0.05, 0) is 42.0 Å². The van der Waals surface area contributed by atoms with Gasteiger partial charge in [-0.25, -0.2) is 0 Å². The van der Waals surface area contributed by atoms with Gasteiger partial charge < -0.3 is 10.6 Å². The minimum absolute atomic E-state index is 0.227. The molecule has 0 bridgehead atoms. The number of benzene rings is 3. The topological polar surface area (TPSA) is 58.2 Å². The first kappa shape index (κ1) is 18.7. The van der Waals surface area contributed by atoms with E-state index in [1.165, 1.54) is 6.08 Å². The van der Waals surface area contributed by atoms with Crippen molar-refractivity contribution in [2.75, 3.05) is 10.6 Å². The first-order valence-electron chi connectivity index (χ1n) is 9.07. The third-order valence-corrected chi connectivity index (χ3v) is 4.72. The van der Waals surface area contributed by atoms with Crippen molar-refractivity contribution in [3.05, 3.63) is 113 Å². The summed E-state index contributed by atoms with van der Waals surface area (Å²) < 4.78 is 0. The highest BCUT2D eigenvalue weighted by molar-refractivity contribution is 6.39. The molecule has 4 nitrogen and oxygen atoms in total. The number of ketones is 2. The van der Waals surface area contributed by atoms with Crippen LogP contribution in [-0.2, 0) is 9.59 Å². The monoisotopic (exact) mass is 400 g/mol. The van der Waals surface area contributed by atoms with Crippen molar-refractivity contribution in [3.63, 3.8) is 0 Å². The second-order valence-corrected chi connectivity index (χ2v) is 6.93. The number of hydrogen-bond acceptors (Lipinski definition) is 4. The summed E-state index contributed by atoms with van der Waals surface area (Å²) in [5.74, 6) is -0.550. The molecule has 0 fully saturated rings. The van der Waals surface area contributed by atoms with E-state index in [4.69, 9.17) is 11.6 Å². The molecule has 3 aromatic carbocycles. The SMILES string of the molecule is O=C1C=C(Nc2ccccc2)C(=O)C(c2ccc(Cl)cc2)=C1Nc1ccccc1. The minimum atomic E-state index is -0.281. The van der Waals surface area contributed by atoms with Crippen LogP contribution in [0.4, 0.5) is 11.4 Å². The highest BCUT2D eigenvalue weighted by Crippen LogP contribution is 2.30. The fourth-order valence-electron chi connectivity index (χ4n) is 3.09. The highest BCUT2D eigenvalue weighted by atomic mass is 35.5. The Morgan fingerprint density at radius 3 is 1.79 bits per heavy atom. The average Bonchev–Trinajstić information content (AvgIpc) is 2.74. The molecule has 29 heavy (non-hydrogen) atoms. The second-order valence-electron chi connectivity index (χ2n) is 6.49. The maximum Gasteiger partial charge on any atom is 0.212 e. The third-order valence-electron chi connectivity index (χ3n) is 4.47. The Labute approximate surface area is 173 Å². The summed E-state index contributed by atoms with van der Waals surface area (Å²) in [7, 11) is 0. The largest absolute Gasteiger partial charge is 0.352 e. The number of para-hydroxylation sites is 2. The van der Waals surface area contributed by atoms with Crippen molar-refractivity contribution in [1.82, 2.24) is 0 Å². The lowest BCUT2D eigenvalue weighted by molar-refractivity contribution is -0.114. The van der Waals surface area contributed by atoms with Gasteiger partial charge in [0.2, 0.25) is 11.6 Å². The lowest BCUT2D eigenvalue weighted by atomic mass is 9.91. The highest BCUT2D eigenvalue weighted by Gasteiger charge is 2.30. The van der Waals surface area contributed by atoms with E-state index in [9.17, 15) is 9.59 Å². The Morgan fingerprint density at radius 1 is 0.655 bits per heavy atom. The van der Waals surface area contributed by atoms with Crippen molar-refractivity contribution in [1.29, 1.82) is 0 Å². The summed E-state index contributed by atoms with van der Waals surface area (Å²) in [6.07, 6.45) is 1.33. The van der Waals surface area contributed by atoms with Crippen LogP contribution >= 0.6 is 11.6 Å². The molecule has 0 unspecified atom stereocenters. The summed E-state index contributed by atoms with van der Waals surface area (Å²) in [4.78, 5) is 26.3. The van der Waals surface area contributed by atoms with Crippen LogP contribution in [0.2, 0.25) is 5.02 Å². The number of rotatable bonds is 5. The molecular weight excluding hydrogens is 384 g/mol. The lowest BCUT2D eigenvalue weighted by Crippen LogP contribution is -2.26. The van der Waals surface area contributed by atoms with Gasteiger partial charge in [-0.2, -0.15) is 0 Å². The molecule has 0 saturated carbocycles. The number of halogens is 1. The molecule has 0 aromatic heterocycles. The van der Waals surface area contributed by atoms with Crippen LogP contribution < -0.4 is 10.6 Å². The molecule has 0 heterocycles. The molecule has 0 aliphatic heterocycles. The Bertz CT molecular complexity index is 1120. The number of allylic oxidation sites excluding steroid dienone is 2. The van der Waals surface area contributed by atoms with Crippen LogP contribution in [0.25, 0.3) is 5.57 Å². The van der Waals surface area contributed by atoms with Crippen molar-refractivity contribution < 1.29 is 9.59 Å². The van der Waals surface area contributed by atoms with Crippen LogP contribution in [0.15, 0.2) is 102 Å². The molecule has 1 aliphatic carbocycles. The predicted molar refractivity (Wildman–Crippen MR) is 117 cm³/mol. The molecule has 0 amide bonds. The van der Waals surface area contributed by atoms with Gasteiger partial charge in [-0.15, -0.1) is 0 Å². The van der Waals surface area contributed by atoms with Gasteiger partial charge in [0.1, 0.15) is 0 Å². The normalized spacial score (nSPS) is 13.9. The van der Waals surface area contributed by atoms with E-state index in [0.717, 1.165) is 11.4 Å². The molecular formula is C24H17ClN2O2. The van der Waals surface area contributed by atoms with Crippen LogP contribution in [0.5, 0.6) is 0 Å². The summed E-state index contributed by atoms with van der Waals surface area (Å²) in [5.41, 5.74) is 2.84. The molecule has 5 heteroatoms. The Balaban J connectivity index is 1.77. The van der Waals surface area contributed by atoms with E-state index in [-0.39, 0.29) is 23.0 Å². The zero-order valence-corrected chi connectivity index (χ0v) is 16.1. The first-order valence-corrected chi connectivity index (χ1v) is 9.45. The van der Waals surface area contributed by atoms with Gasteiger partial charge in [0.15, 0.2) is 0 Å². The van der Waals surface area contributed by atoms with Gasteiger partial charge in [0.05, 0.1) is 17.0 Å². The van der Waals surface area contributed by atoms with Gasteiger partial charge in [0.25, 0.3) is 0 Å². The van der Waals surface area contributed by atoms with Crippen molar-refractivity contribution >= 4 is 40.1 Å². The number of anilines is 2. The number of carbonyl (C=O) groups excluding carboxylic acids is 2. The zero-order valence-electron chi connectivity index (χ0n) is 15.4. The molecule has 142 valence electrons. The Hall–Kier alpha value is -3.63. The van der Waals surface area contributed by atoms with Gasteiger partial charge >= 0.3 is 0 Å². The lowest BCUT2D eigenvalue weighted by Gasteiger charge is -2.21. The van der Waals surface area contributed by atoms with E-state index in [0.29, 0.717) is 16.2 Å². The molecule has 1 aliphatic rings. The standard InChI is InChI=1S/C24H17ClN2O2/c25-17-13-11-16(12-14-17)22-23(27-19-9-5-2-6-10-19)21(28)15-20(24(22)29)26-18-7-3-1-4-8-18/h1-15,26-27H. The van der Waals surface area contributed by atoms with Crippen molar-refractivity contribution in [2.45, 2.75) is 0 Å². The average molecular weight is 401 g/mol. The molecule has 0 atom stereocenters. The van der Waals surface area contributed by atoms with E-state index in [1.54, 1.807) is 24.3 Å². The Morgan fingerprint density at radius 2 is 1.21 bits per heavy atom. The predicted octanol–water partition coefficient (Wildman–Crippen LogP) is 5.31. The number of carbonyl (C=O) groups is 2. The van der Waals surface area contributed by atoms with Gasteiger partial charge in [-0.3, -0.25) is 9.59 Å². The molecule has 0 saturated heterocycles. The number of Topliss-reactive ketones (excluding diaryl/α,β-unsaturated/α-hetero) is 1. The summed E-state index contributed by atoms with van der Waals surface area (Å²) in [6, 6.07) is 25.4. The second kappa shape index (κ2) is 8.17. The quantitative estimate of drug-likeness (QED) is 0.570. The molecule has 0 spiro atoms. The summed E-state index contributed by atoms with van der Waals surface area (Å²) in [5, 5.41) is 6.73. The van der Waals surface area contributed by atoms with E-state index in [1.807, 2.05) is 60.7 Å². The maximum atomic E-state index is 13.3. The number of hydrogen-bond donors (Lipinski definition) is 2. The minimum Gasteiger partial charge on any atom is -0.352 e. The zero-order chi connectivity index (χ0) is 20.2. The van der Waals surface area contributed by atoms with E-state index in [2.05, 4.69) is 10.6 Å². The molecule has 2 N–H and O–H groups in total. The molecule has 0 radical (unpaired) electrons. The van der Waals surface area contributed by atoms with Crippen molar-refractivity contribution in [3.8, 4) is 0 Å². The number of nitrogens with one attached hydrogen (secondary N) is 2. The smallest absolute Gasteiger partial charge is 0.212 e. The summed E-state index contributed by atoms with van der Waals surface area (Å²) >= 11 is 6.01. The third kappa shape index (κ3) is 4.13. The fourth-order valence-corrected chi connectivity index (χ4v) is 3.22. The first-order chi connectivity index (χ1) is 14.1. The van der Waals surface area contributed by atoms with Crippen LogP contribution in [0.3, 0.4) is 0 Å². The van der Waals surface area contributed by atoms with E-state index < -0.39 is 0 Å². The van der Waals surface area contributed by atoms with Crippen LogP contribution in [0, 0.1) is 0 Å². The maximum absolute atomic E-state index is 13.3. The van der Waals surface area contributed by atoms with Crippen LogP contribution in [0.1, 0.15) is 5.56 Å². The molecule has 3 aromatic rings. The van der Waals surface area contributed by atoms with E-state index >= 15 is 0 Å². The summed E-state index contributed by atoms with van der Waals surface area (Å²) in [6.45, 7) is 0. The van der Waals surface area contributed by atoms with Crippen LogP contribution in [-0.4, -0.2) is 11.6 Å². The Kier molecular flexibility index (Phi) is 5.27. The fraction of sp³-hybridized carbons (Fsp3) is 0. The van der Waals surface area contributed by atoms with Gasteiger partial charge in [0, 0.05) is 22.5 Å². The molecule has 4 rings (SSSR count). The van der Waals surface area contributed by atoms with Crippen molar-refractivity contribution in [2.24, 2.45) is 0 Å².